The van der Waals surface area contributed by atoms with Gasteiger partial charge in [0.15, 0.2) is 0 Å². The number of nitrogens with one attached hydrogen (secondary N) is 2. The molecule has 3 rings (SSSR count). The van der Waals surface area contributed by atoms with Crippen molar-refractivity contribution in [2.24, 2.45) is 0 Å². The normalized spacial score (nSPS) is 12.6. The minimum absolute atomic E-state index is 0.0700. The maximum absolute atomic E-state index is 12.6. The monoisotopic (exact) mass is 468 g/mol. The van der Waals surface area contributed by atoms with Crippen molar-refractivity contribution >= 4 is 15.9 Å². The summed E-state index contributed by atoms with van der Waals surface area (Å²) in [5, 5.41) is 3.05. The third-order valence-electron chi connectivity index (χ3n) is 5.66. The average Bonchev–Trinajstić information content (AvgIpc) is 3.33. The van der Waals surface area contributed by atoms with Gasteiger partial charge in [0.05, 0.1) is 22.8 Å². The van der Waals surface area contributed by atoms with Crippen LogP contribution in [0.5, 0.6) is 0 Å². The topological polar surface area (TPSA) is 95.2 Å². The van der Waals surface area contributed by atoms with Crippen LogP contribution >= 0.6 is 0 Å². The number of carbonyl (C=O) groups excluding carboxylic acids is 1. The minimum Gasteiger partial charge on any atom is -0.346 e. The molecular weight excluding hydrogens is 436 g/mol. The van der Waals surface area contributed by atoms with E-state index in [0.717, 1.165) is 22.6 Å². The summed E-state index contributed by atoms with van der Waals surface area (Å²) in [6.07, 6.45) is 3.34. The number of aromatic nitrogens is 2. The predicted octanol–water partition coefficient (Wildman–Crippen LogP) is 4.31. The van der Waals surface area contributed by atoms with Crippen LogP contribution in [0.25, 0.3) is 11.3 Å². The van der Waals surface area contributed by atoms with Crippen molar-refractivity contribution in [1.29, 1.82) is 0 Å². The molecule has 0 bridgehead atoms. The van der Waals surface area contributed by atoms with E-state index in [1.165, 1.54) is 4.31 Å². The van der Waals surface area contributed by atoms with Crippen LogP contribution in [-0.4, -0.2) is 41.7 Å². The molecule has 0 saturated carbocycles. The summed E-state index contributed by atoms with van der Waals surface area (Å²) in [5.41, 5.74) is 2.88. The lowest BCUT2D eigenvalue weighted by Crippen LogP contribution is -2.30. The van der Waals surface area contributed by atoms with Gasteiger partial charge in [-0.1, -0.05) is 63.2 Å². The number of benzene rings is 2. The second-order valence-corrected chi connectivity index (χ2v) is 9.75. The number of aryl methyl sites for hydroxylation is 1. The zero-order valence-electron chi connectivity index (χ0n) is 19.4. The van der Waals surface area contributed by atoms with Crippen LogP contribution in [-0.2, 0) is 21.2 Å². The van der Waals surface area contributed by atoms with Gasteiger partial charge in [0.25, 0.3) is 0 Å². The first kappa shape index (κ1) is 24.7. The fourth-order valence-electron chi connectivity index (χ4n) is 3.71. The predicted molar refractivity (Wildman–Crippen MR) is 130 cm³/mol. The van der Waals surface area contributed by atoms with Crippen molar-refractivity contribution < 1.29 is 13.2 Å². The van der Waals surface area contributed by atoms with Crippen LogP contribution in [0.3, 0.4) is 0 Å². The van der Waals surface area contributed by atoms with Crippen molar-refractivity contribution in [2.75, 3.05) is 13.1 Å². The molecule has 7 nitrogen and oxygen atoms in total. The summed E-state index contributed by atoms with van der Waals surface area (Å²) in [6.45, 7) is 6.51. The molecule has 0 aliphatic carbocycles. The quantitative estimate of drug-likeness (QED) is 0.438. The average molecular weight is 469 g/mol. The Hall–Kier alpha value is -2.97. The molecule has 1 atom stereocenters. The van der Waals surface area contributed by atoms with Crippen LogP contribution in [0, 0.1) is 0 Å². The molecule has 2 N–H and O–H groups in total. The highest BCUT2D eigenvalue weighted by atomic mass is 32.2. The number of nitrogens with zero attached hydrogens (tertiary/aromatic N) is 2. The number of imidazole rings is 1. The van der Waals surface area contributed by atoms with E-state index < -0.39 is 10.0 Å². The molecule has 3 aromatic rings. The molecule has 1 aromatic heterocycles. The Morgan fingerprint density at radius 2 is 1.70 bits per heavy atom. The Morgan fingerprint density at radius 3 is 2.30 bits per heavy atom. The number of hydrogen-bond donors (Lipinski definition) is 2. The van der Waals surface area contributed by atoms with E-state index in [1.807, 2.05) is 51.1 Å². The fourth-order valence-corrected chi connectivity index (χ4v) is 5.16. The van der Waals surface area contributed by atoms with Crippen LogP contribution in [0.4, 0.5) is 0 Å². The molecule has 0 aliphatic heterocycles. The molecule has 2 aromatic carbocycles. The third-order valence-corrected chi connectivity index (χ3v) is 7.73. The Bertz CT molecular complexity index is 1140. The van der Waals surface area contributed by atoms with E-state index in [9.17, 15) is 13.2 Å². The van der Waals surface area contributed by atoms with Crippen molar-refractivity contribution in [2.45, 2.75) is 51.0 Å². The van der Waals surface area contributed by atoms with Gasteiger partial charge in [-0.05, 0) is 36.1 Å². The number of aromatic amines is 1. The molecule has 176 valence electrons. The summed E-state index contributed by atoms with van der Waals surface area (Å²) in [7, 11) is -3.47. The Kier molecular flexibility index (Phi) is 8.41. The van der Waals surface area contributed by atoms with Crippen LogP contribution in [0.1, 0.15) is 51.0 Å². The highest BCUT2D eigenvalue weighted by molar-refractivity contribution is 7.89. The maximum atomic E-state index is 12.6. The van der Waals surface area contributed by atoms with Gasteiger partial charge in [0.2, 0.25) is 15.9 Å². The summed E-state index contributed by atoms with van der Waals surface area (Å²) in [4.78, 5) is 20.6. The molecule has 0 fully saturated rings. The van der Waals surface area contributed by atoms with E-state index >= 15 is 0 Å². The first-order chi connectivity index (χ1) is 15.9. The van der Waals surface area contributed by atoms with Crippen LogP contribution in [0.15, 0.2) is 65.7 Å². The molecule has 8 heteroatoms. The van der Waals surface area contributed by atoms with Gasteiger partial charge < -0.3 is 10.3 Å². The SMILES string of the molecule is CCC(NC(=O)CCc1ccc(S(=O)(=O)N(CC)CC)cc1)c1ncc(-c2ccccc2)[nH]1. The molecular formula is C25H32N4O3S. The first-order valence-electron chi connectivity index (χ1n) is 11.4. The van der Waals surface area contributed by atoms with Gasteiger partial charge in [0, 0.05) is 19.5 Å². The Balaban J connectivity index is 1.58. The van der Waals surface area contributed by atoms with Gasteiger partial charge in [-0.15, -0.1) is 0 Å². The van der Waals surface area contributed by atoms with Crippen molar-refractivity contribution in [3.05, 3.63) is 72.2 Å². The summed E-state index contributed by atoms with van der Waals surface area (Å²) < 4.78 is 26.6. The zero-order valence-corrected chi connectivity index (χ0v) is 20.2. The number of carbonyl (C=O) groups is 1. The molecule has 1 amide bonds. The largest absolute Gasteiger partial charge is 0.346 e. The van der Waals surface area contributed by atoms with E-state index in [1.54, 1.807) is 30.5 Å². The van der Waals surface area contributed by atoms with Crippen molar-refractivity contribution in [3.63, 3.8) is 0 Å². The van der Waals surface area contributed by atoms with Crippen molar-refractivity contribution in [3.8, 4) is 11.3 Å². The number of amides is 1. The van der Waals surface area contributed by atoms with E-state index in [0.29, 0.717) is 32.4 Å². The van der Waals surface area contributed by atoms with E-state index in [-0.39, 0.29) is 16.8 Å². The Labute approximate surface area is 196 Å². The molecule has 0 radical (unpaired) electrons. The number of sulfonamides is 1. The lowest BCUT2D eigenvalue weighted by Gasteiger charge is -2.18. The molecule has 0 spiro atoms. The number of rotatable bonds is 11. The van der Waals surface area contributed by atoms with Crippen LogP contribution in [0.2, 0.25) is 0 Å². The highest BCUT2D eigenvalue weighted by Crippen LogP contribution is 2.21. The molecule has 33 heavy (non-hydrogen) atoms. The second kappa shape index (κ2) is 11.2. The van der Waals surface area contributed by atoms with Gasteiger partial charge in [0.1, 0.15) is 5.82 Å². The minimum atomic E-state index is -3.47. The summed E-state index contributed by atoms with van der Waals surface area (Å²) >= 11 is 0. The van der Waals surface area contributed by atoms with Crippen molar-refractivity contribution in [1.82, 2.24) is 19.6 Å². The van der Waals surface area contributed by atoms with Gasteiger partial charge in [-0.3, -0.25) is 4.79 Å². The molecule has 0 aliphatic rings. The number of hydrogen-bond acceptors (Lipinski definition) is 4. The lowest BCUT2D eigenvalue weighted by molar-refractivity contribution is -0.121. The van der Waals surface area contributed by atoms with Crippen LogP contribution < -0.4 is 5.32 Å². The zero-order chi connectivity index (χ0) is 23.8. The smallest absolute Gasteiger partial charge is 0.243 e. The number of H-pyrrole nitrogens is 1. The summed E-state index contributed by atoms with van der Waals surface area (Å²) in [5.74, 6) is 0.662. The third kappa shape index (κ3) is 6.09. The standard InChI is InChI=1S/C25H32N4O3S/c1-4-22(25-26-18-23(28-25)20-10-8-7-9-11-20)27-24(30)17-14-19-12-15-21(16-13-19)33(31,32)29(5-2)6-3/h7-13,15-16,18,22H,4-6,14,17H2,1-3H3,(H,26,28)(H,27,30). The maximum Gasteiger partial charge on any atom is 0.243 e. The summed E-state index contributed by atoms with van der Waals surface area (Å²) in [6, 6.07) is 16.5. The molecule has 1 heterocycles. The Morgan fingerprint density at radius 1 is 1.03 bits per heavy atom. The molecule has 0 saturated heterocycles. The first-order valence-corrected chi connectivity index (χ1v) is 12.8. The van der Waals surface area contributed by atoms with Gasteiger partial charge in [-0.2, -0.15) is 4.31 Å². The van der Waals surface area contributed by atoms with E-state index in [4.69, 9.17) is 0 Å². The molecule has 1 unspecified atom stereocenters. The highest BCUT2D eigenvalue weighted by Gasteiger charge is 2.21. The fraction of sp³-hybridized carbons (Fsp3) is 0.360. The van der Waals surface area contributed by atoms with E-state index in [2.05, 4.69) is 15.3 Å². The van der Waals surface area contributed by atoms with Gasteiger partial charge >= 0.3 is 0 Å². The van der Waals surface area contributed by atoms with Gasteiger partial charge in [-0.25, -0.2) is 13.4 Å². The lowest BCUT2D eigenvalue weighted by atomic mass is 10.1. The second-order valence-electron chi connectivity index (χ2n) is 7.81.